The molecule has 2 fully saturated rings. The first-order valence-corrected chi connectivity index (χ1v) is 9.89. The third kappa shape index (κ3) is 4.40. The van der Waals surface area contributed by atoms with E-state index in [4.69, 9.17) is 9.97 Å². The van der Waals surface area contributed by atoms with Crippen LogP contribution in [-0.2, 0) is 16.0 Å². The number of carbonyl (C=O) groups is 2. The number of nitrogens with zero attached hydrogens (tertiary/aromatic N) is 3. The van der Waals surface area contributed by atoms with Crippen LogP contribution in [0.4, 0.5) is 0 Å². The Morgan fingerprint density at radius 3 is 2.46 bits per heavy atom. The number of carbonyl (C=O) groups excluding carboxylic acids is 2. The summed E-state index contributed by atoms with van der Waals surface area (Å²) in [6.07, 6.45) is 5.37. The van der Waals surface area contributed by atoms with E-state index in [1.165, 1.54) is 0 Å². The molecule has 1 saturated carbocycles. The molecule has 1 aromatic heterocycles. The summed E-state index contributed by atoms with van der Waals surface area (Å²) in [6, 6.07) is 0. The zero-order valence-electron chi connectivity index (χ0n) is 16.2. The highest BCUT2D eigenvalue weighted by atomic mass is 16.2. The van der Waals surface area contributed by atoms with E-state index in [2.05, 4.69) is 5.32 Å². The number of rotatable bonds is 6. The standard InChI is InChI=1S/C20H30N4O2/c1-4-9-21-18(25)11-17-13(2)22-19(23-14(17)3)16-6-5-10-24(12-16)20(26)15-7-8-15/h15-16H,4-12H2,1-3H3,(H,21,25)/t16-/m1/s1. The first-order valence-electron chi connectivity index (χ1n) is 9.89. The van der Waals surface area contributed by atoms with E-state index in [-0.39, 0.29) is 17.7 Å². The Labute approximate surface area is 155 Å². The van der Waals surface area contributed by atoms with Crippen molar-refractivity contribution in [2.45, 2.75) is 65.2 Å². The second-order valence-electron chi connectivity index (χ2n) is 7.66. The van der Waals surface area contributed by atoms with Gasteiger partial charge in [0.1, 0.15) is 5.82 Å². The van der Waals surface area contributed by atoms with Gasteiger partial charge in [0, 0.05) is 48.4 Å². The Morgan fingerprint density at radius 2 is 1.85 bits per heavy atom. The highest BCUT2D eigenvalue weighted by Crippen LogP contribution is 2.34. The summed E-state index contributed by atoms with van der Waals surface area (Å²) in [5.74, 6) is 1.63. The maximum Gasteiger partial charge on any atom is 0.225 e. The molecule has 0 aromatic carbocycles. The number of nitrogens with one attached hydrogen (secondary N) is 1. The van der Waals surface area contributed by atoms with E-state index in [1.807, 2.05) is 25.7 Å². The molecule has 1 aliphatic heterocycles. The number of amides is 2. The van der Waals surface area contributed by atoms with E-state index in [0.29, 0.717) is 18.9 Å². The van der Waals surface area contributed by atoms with Gasteiger partial charge in [-0.1, -0.05) is 6.92 Å². The van der Waals surface area contributed by atoms with Crippen LogP contribution in [0.25, 0.3) is 0 Å². The van der Waals surface area contributed by atoms with Crippen LogP contribution in [-0.4, -0.2) is 46.3 Å². The van der Waals surface area contributed by atoms with E-state index in [1.54, 1.807) is 0 Å². The van der Waals surface area contributed by atoms with Crippen molar-refractivity contribution in [2.24, 2.45) is 5.92 Å². The summed E-state index contributed by atoms with van der Waals surface area (Å²) in [6.45, 7) is 8.23. The smallest absolute Gasteiger partial charge is 0.225 e. The fourth-order valence-electron chi connectivity index (χ4n) is 3.67. The predicted octanol–water partition coefficient (Wildman–Crippen LogP) is 2.28. The van der Waals surface area contributed by atoms with Gasteiger partial charge < -0.3 is 10.2 Å². The van der Waals surface area contributed by atoms with Crippen LogP contribution in [0.5, 0.6) is 0 Å². The summed E-state index contributed by atoms with van der Waals surface area (Å²) in [7, 11) is 0. The first-order chi connectivity index (χ1) is 12.5. The summed E-state index contributed by atoms with van der Waals surface area (Å²) in [4.78, 5) is 35.9. The van der Waals surface area contributed by atoms with Gasteiger partial charge in [0.05, 0.1) is 6.42 Å². The highest BCUT2D eigenvalue weighted by molar-refractivity contribution is 5.81. The second kappa shape index (κ2) is 8.14. The van der Waals surface area contributed by atoms with Crippen molar-refractivity contribution in [1.82, 2.24) is 20.2 Å². The van der Waals surface area contributed by atoms with E-state index < -0.39 is 0 Å². The van der Waals surface area contributed by atoms with Crippen molar-refractivity contribution in [3.05, 3.63) is 22.8 Å². The van der Waals surface area contributed by atoms with Crippen LogP contribution in [0.15, 0.2) is 0 Å². The zero-order chi connectivity index (χ0) is 18.7. The van der Waals surface area contributed by atoms with Gasteiger partial charge >= 0.3 is 0 Å². The predicted molar refractivity (Wildman–Crippen MR) is 99.8 cm³/mol. The largest absolute Gasteiger partial charge is 0.356 e. The van der Waals surface area contributed by atoms with Gasteiger partial charge in [0.15, 0.2) is 0 Å². The van der Waals surface area contributed by atoms with Crippen molar-refractivity contribution in [2.75, 3.05) is 19.6 Å². The third-order valence-corrected chi connectivity index (χ3v) is 5.37. The molecule has 142 valence electrons. The first kappa shape index (κ1) is 18.8. The fraction of sp³-hybridized carbons (Fsp3) is 0.700. The Hall–Kier alpha value is -1.98. The summed E-state index contributed by atoms with van der Waals surface area (Å²) < 4.78 is 0. The molecule has 0 radical (unpaired) electrons. The van der Waals surface area contributed by atoms with E-state index in [0.717, 1.165) is 68.0 Å². The van der Waals surface area contributed by atoms with E-state index in [9.17, 15) is 9.59 Å². The van der Waals surface area contributed by atoms with Crippen molar-refractivity contribution in [3.8, 4) is 0 Å². The van der Waals surface area contributed by atoms with Crippen LogP contribution in [0, 0.1) is 19.8 Å². The summed E-state index contributed by atoms with van der Waals surface area (Å²) >= 11 is 0. The lowest BCUT2D eigenvalue weighted by atomic mass is 9.96. The summed E-state index contributed by atoms with van der Waals surface area (Å²) in [5.41, 5.74) is 2.68. The minimum Gasteiger partial charge on any atom is -0.356 e. The van der Waals surface area contributed by atoms with Gasteiger partial charge in [-0.2, -0.15) is 0 Å². The quantitative estimate of drug-likeness (QED) is 0.846. The topological polar surface area (TPSA) is 75.2 Å². The molecule has 0 unspecified atom stereocenters. The molecule has 0 bridgehead atoms. The van der Waals surface area contributed by atoms with Gasteiger partial charge in [-0.3, -0.25) is 9.59 Å². The SMILES string of the molecule is CCCNC(=O)Cc1c(C)nc([C@@H]2CCCN(C(=O)C3CC3)C2)nc1C. The molecule has 26 heavy (non-hydrogen) atoms. The molecular formula is C20H30N4O2. The van der Waals surface area contributed by atoms with E-state index >= 15 is 0 Å². The van der Waals surface area contributed by atoms with Gasteiger partial charge in [0.25, 0.3) is 0 Å². The minimum absolute atomic E-state index is 0.0215. The molecule has 1 atom stereocenters. The zero-order valence-corrected chi connectivity index (χ0v) is 16.2. The molecule has 1 aliphatic carbocycles. The van der Waals surface area contributed by atoms with Crippen LogP contribution < -0.4 is 5.32 Å². The molecule has 2 aliphatic rings. The Kier molecular flexibility index (Phi) is 5.89. The molecule has 1 N–H and O–H groups in total. The molecule has 6 heteroatoms. The van der Waals surface area contributed by atoms with Crippen molar-refractivity contribution >= 4 is 11.8 Å². The molecule has 0 spiro atoms. The summed E-state index contributed by atoms with van der Waals surface area (Å²) in [5, 5.41) is 2.91. The highest BCUT2D eigenvalue weighted by Gasteiger charge is 2.36. The van der Waals surface area contributed by atoms with Crippen LogP contribution >= 0.6 is 0 Å². The van der Waals surface area contributed by atoms with Gasteiger partial charge in [0.2, 0.25) is 11.8 Å². The molecule has 3 rings (SSSR count). The molecule has 2 amide bonds. The van der Waals surface area contributed by atoms with Gasteiger partial charge in [-0.05, 0) is 46.0 Å². The average molecular weight is 358 g/mol. The maximum absolute atomic E-state index is 12.4. The van der Waals surface area contributed by atoms with Gasteiger partial charge in [-0.25, -0.2) is 9.97 Å². The lowest BCUT2D eigenvalue weighted by Gasteiger charge is -2.32. The molecule has 1 aromatic rings. The van der Waals surface area contributed by atoms with Crippen molar-refractivity contribution in [1.29, 1.82) is 0 Å². The molecule has 1 saturated heterocycles. The van der Waals surface area contributed by atoms with Crippen molar-refractivity contribution in [3.63, 3.8) is 0 Å². The minimum atomic E-state index is 0.0215. The number of piperidine rings is 1. The number of aryl methyl sites for hydroxylation is 2. The third-order valence-electron chi connectivity index (χ3n) is 5.37. The second-order valence-corrected chi connectivity index (χ2v) is 7.66. The number of hydrogen-bond donors (Lipinski definition) is 1. The van der Waals surface area contributed by atoms with Crippen LogP contribution in [0.2, 0.25) is 0 Å². The monoisotopic (exact) mass is 358 g/mol. The number of aromatic nitrogens is 2. The Bertz CT molecular complexity index is 661. The van der Waals surface area contributed by atoms with Crippen LogP contribution in [0.3, 0.4) is 0 Å². The Balaban J connectivity index is 1.70. The average Bonchev–Trinajstić information content (AvgIpc) is 3.47. The number of likely N-dealkylation sites (tertiary alicyclic amines) is 1. The fourth-order valence-corrected chi connectivity index (χ4v) is 3.67. The van der Waals surface area contributed by atoms with Crippen LogP contribution in [0.1, 0.15) is 67.7 Å². The van der Waals surface area contributed by atoms with Crippen molar-refractivity contribution < 1.29 is 9.59 Å². The normalized spacial score (nSPS) is 20.1. The Morgan fingerprint density at radius 1 is 1.15 bits per heavy atom. The number of hydrogen-bond acceptors (Lipinski definition) is 4. The lowest BCUT2D eigenvalue weighted by molar-refractivity contribution is -0.133. The van der Waals surface area contributed by atoms with Gasteiger partial charge in [-0.15, -0.1) is 0 Å². The maximum atomic E-state index is 12.4. The molecule has 6 nitrogen and oxygen atoms in total. The molecule has 2 heterocycles. The molecular weight excluding hydrogens is 328 g/mol. The lowest BCUT2D eigenvalue weighted by Crippen LogP contribution is -2.40.